The summed E-state index contributed by atoms with van der Waals surface area (Å²) < 4.78 is 4.97. The number of ether oxygens (including phenoxy) is 1. The quantitative estimate of drug-likeness (QED) is 0.413. The average molecular weight is 232 g/mol. The van der Waals surface area contributed by atoms with Crippen LogP contribution in [-0.4, -0.2) is 12.6 Å². The Bertz CT molecular complexity index is 374. The molecule has 1 atom stereocenters. The molecule has 2 aliphatic carbocycles. The number of hydrogen-bond donors (Lipinski definition) is 0. The highest BCUT2D eigenvalue weighted by atomic mass is 16.5. The Hall–Kier alpha value is -1.31. The second kappa shape index (κ2) is 5.85. The zero-order chi connectivity index (χ0) is 12.1. The minimum absolute atomic E-state index is 0.210. The average Bonchev–Trinajstić information content (AvgIpc) is 2.68. The van der Waals surface area contributed by atoms with Gasteiger partial charge < -0.3 is 4.74 Å². The van der Waals surface area contributed by atoms with Crippen molar-refractivity contribution in [2.24, 2.45) is 5.92 Å². The van der Waals surface area contributed by atoms with Crippen LogP contribution < -0.4 is 0 Å². The molecule has 0 amide bonds. The van der Waals surface area contributed by atoms with E-state index in [0.717, 1.165) is 18.4 Å². The molecule has 0 aromatic heterocycles. The molecule has 0 radical (unpaired) electrons. The van der Waals surface area contributed by atoms with Gasteiger partial charge in [-0.2, -0.15) is 0 Å². The van der Waals surface area contributed by atoms with Crippen LogP contribution in [0.15, 0.2) is 35.5 Å². The maximum absolute atomic E-state index is 11.5. The number of carbonyl (C=O) groups excluding carboxylic acids is 1. The lowest BCUT2D eigenvalue weighted by atomic mass is 9.94. The van der Waals surface area contributed by atoms with Crippen LogP contribution in [0.5, 0.6) is 0 Å². The van der Waals surface area contributed by atoms with E-state index in [-0.39, 0.29) is 5.97 Å². The van der Waals surface area contributed by atoms with Crippen molar-refractivity contribution in [3.05, 3.63) is 35.5 Å². The van der Waals surface area contributed by atoms with Crippen molar-refractivity contribution in [3.8, 4) is 0 Å². The number of hydrogen-bond acceptors (Lipinski definition) is 2. The molecule has 2 aliphatic rings. The molecular formula is C15H20O2. The molecular weight excluding hydrogens is 212 g/mol. The van der Waals surface area contributed by atoms with Gasteiger partial charge in [-0.1, -0.05) is 23.8 Å². The molecule has 92 valence electrons. The second-order valence-electron chi connectivity index (χ2n) is 4.66. The third-order valence-corrected chi connectivity index (χ3v) is 3.39. The largest absolute Gasteiger partial charge is 0.463 e. The number of fused-ring (bicyclic) bond motifs is 1. The number of carbonyl (C=O) groups is 1. The summed E-state index contributed by atoms with van der Waals surface area (Å²) >= 11 is 0. The molecule has 1 saturated carbocycles. The van der Waals surface area contributed by atoms with Crippen LogP contribution in [0.25, 0.3) is 0 Å². The zero-order valence-corrected chi connectivity index (χ0v) is 10.4. The molecule has 1 fully saturated rings. The molecule has 0 aliphatic heterocycles. The van der Waals surface area contributed by atoms with E-state index in [1.165, 1.54) is 24.8 Å². The Kier molecular flexibility index (Phi) is 4.18. The van der Waals surface area contributed by atoms with E-state index in [1.807, 2.05) is 6.92 Å². The summed E-state index contributed by atoms with van der Waals surface area (Å²) in [4.78, 5) is 11.5. The van der Waals surface area contributed by atoms with Crippen molar-refractivity contribution in [2.45, 2.75) is 39.0 Å². The first-order chi connectivity index (χ1) is 8.29. The van der Waals surface area contributed by atoms with Gasteiger partial charge in [-0.15, -0.1) is 0 Å². The lowest BCUT2D eigenvalue weighted by Gasteiger charge is -2.11. The van der Waals surface area contributed by atoms with E-state index in [0.29, 0.717) is 12.5 Å². The van der Waals surface area contributed by atoms with Gasteiger partial charge in [-0.3, -0.25) is 0 Å². The van der Waals surface area contributed by atoms with E-state index in [9.17, 15) is 4.79 Å². The lowest BCUT2D eigenvalue weighted by Crippen LogP contribution is -2.02. The number of esters is 1. The Morgan fingerprint density at radius 3 is 3.24 bits per heavy atom. The highest BCUT2D eigenvalue weighted by Crippen LogP contribution is 2.34. The Morgan fingerprint density at radius 2 is 2.41 bits per heavy atom. The Balaban J connectivity index is 2.14. The first-order valence-electron chi connectivity index (χ1n) is 6.54. The van der Waals surface area contributed by atoms with Crippen LogP contribution in [0, 0.1) is 5.92 Å². The van der Waals surface area contributed by atoms with Gasteiger partial charge in [-0.05, 0) is 50.5 Å². The molecule has 2 rings (SSSR count). The lowest BCUT2D eigenvalue weighted by molar-refractivity contribution is -0.137. The van der Waals surface area contributed by atoms with Crippen LogP contribution in [0.4, 0.5) is 0 Å². The Morgan fingerprint density at radius 1 is 1.53 bits per heavy atom. The monoisotopic (exact) mass is 232 g/mol. The van der Waals surface area contributed by atoms with Gasteiger partial charge in [0.15, 0.2) is 0 Å². The minimum Gasteiger partial charge on any atom is -0.463 e. The topological polar surface area (TPSA) is 26.3 Å². The summed E-state index contributed by atoms with van der Waals surface area (Å²) in [5.41, 5.74) is 2.60. The van der Waals surface area contributed by atoms with Gasteiger partial charge >= 0.3 is 5.97 Å². The maximum atomic E-state index is 11.5. The van der Waals surface area contributed by atoms with Crippen LogP contribution in [0.2, 0.25) is 0 Å². The fraction of sp³-hybridized carbons (Fsp3) is 0.533. The zero-order valence-electron chi connectivity index (χ0n) is 10.4. The molecule has 2 nitrogen and oxygen atoms in total. The molecule has 0 spiro atoms. The molecule has 17 heavy (non-hydrogen) atoms. The second-order valence-corrected chi connectivity index (χ2v) is 4.66. The van der Waals surface area contributed by atoms with Crippen molar-refractivity contribution in [1.82, 2.24) is 0 Å². The van der Waals surface area contributed by atoms with Gasteiger partial charge in [0.2, 0.25) is 0 Å². The maximum Gasteiger partial charge on any atom is 0.331 e. The summed E-state index contributed by atoms with van der Waals surface area (Å²) in [5.74, 6) is 0.402. The summed E-state index contributed by atoms with van der Waals surface area (Å²) in [6.07, 6.45) is 14.1. The fourth-order valence-corrected chi connectivity index (χ4v) is 2.57. The van der Waals surface area contributed by atoms with Crippen molar-refractivity contribution < 1.29 is 9.53 Å². The van der Waals surface area contributed by atoms with Crippen LogP contribution in [0.1, 0.15) is 39.0 Å². The summed E-state index contributed by atoms with van der Waals surface area (Å²) in [6.45, 7) is 2.28. The van der Waals surface area contributed by atoms with Crippen LogP contribution >= 0.6 is 0 Å². The van der Waals surface area contributed by atoms with Crippen LogP contribution in [0.3, 0.4) is 0 Å². The van der Waals surface area contributed by atoms with Crippen molar-refractivity contribution in [1.29, 1.82) is 0 Å². The predicted octanol–water partition coefficient (Wildman–Crippen LogP) is 3.55. The third-order valence-electron chi connectivity index (χ3n) is 3.39. The highest BCUT2D eigenvalue weighted by Gasteiger charge is 2.19. The summed E-state index contributed by atoms with van der Waals surface area (Å²) in [6, 6.07) is 0. The normalized spacial score (nSPS) is 31.0. The number of allylic oxidation sites excluding steroid dienone is 5. The third kappa shape index (κ3) is 3.32. The first-order valence-corrected chi connectivity index (χ1v) is 6.54. The fourth-order valence-electron chi connectivity index (χ4n) is 2.57. The molecule has 0 N–H and O–H groups in total. The minimum atomic E-state index is -0.210. The molecule has 0 aromatic carbocycles. The molecule has 0 bridgehead atoms. The molecule has 0 saturated heterocycles. The van der Waals surface area contributed by atoms with Gasteiger partial charge in [0.05, 0.1) is 6.61 Å². The van der Waals surface area contributed by atoms with E-state index >= 15 is 0 Å². The van der Waals surface area contributed by atoms with Crippen molar-refractivity contribution in [3.63, 3.8) is 0 Å². The van der Waals surface area contributed by atoms with Gasteiger partial charge in [0.1, 0.15) is 0 Å². The SMILES string of the molecule is CCOC(=O)/C=C1/C=C2/CCCC2/C=C\CC1. The van der Waals surface area contributed by atoms with Gasteiger partial charge in [-0.25, -0.2) is 4.79 Å². The summed E-state index contributed by atoms with van der Waals surface area (Å²) in [5, 5.41) is 0. The van der Waals surface area contributed by atoms with Crippen LogP contribution in [-0.2, 0) is 9.53 Å². The van der Waals surface area contributed by atoms with E-state index in [4.69, 9.17) is 4.74 Å². The first kappa shape index (κ1) is 12.2. The molecule has 1 unspecified atom stereocenters. The molecule has 2 heteroatoms. The molecule has 0 aromatic rings. The van der Waals surface area contributed by atoms with E-state index in [2.05, 4.69) is 18.2 Å². The smallest absolute Gasteiger partial charge is 0.331 e. The van der Waals surface area contributed by atoms with Crippen molar-refractivity contribution in [2.75, 3.05) is 6.61 Å². The van der Waals surface area contributed by atoms with E-state index < -0.39 is 0 Å². The van der Waals surface area contributed by atoms with Gasteiger partial charge in [0.25, 0.3) is 0 Å². The summed E-state index contributed by atoms with van der Waals surface area (Å²) in [7, 11) is 0. The van der Waals surface area contributed by atoms with Gasteiger partial charge in [0, 0.05) is 6.08 Å². The standard InChI is InChI=1S/C15H20O2/c1-2-17-15(16)11-12-6-3-4-7-13-8-5-9-14(13)10-12/h4,7,10-11,13H,2-3,5-6,8-9H2,1H3/b7-4-,12-11+,14-10-. The van der Waals surface area contributed by atoms with Crippen molar-refractivity contribution >= 4 is 5.97 Å². The Labute approximate surface area is 103 Å². The highest BCUT2D eigenvalue weighted by molar-refractivity contribution is 5.83. The predicted molar refractivity (Wildman–Crippen MR) is 68.5 cm³/mol. The number of rotatable bonds is 2. The molecule has 0 heterocycles. The van der Waals surface area contributed by atoms with E-state index in [1.54, 1.807) is 6.08 Å².